The van der Waals surface area contributed by atoms with Gasteiger partial charge in [0.1, 0.15) is 0 Å². The summed E-state index contributed by atoms with van der Waals surface area (Å²) in [5, 5.41) is 2.56. The summed E-state index contributed by atoms with van der Waals surface area (Å²) in [6.07, 6.45) is 0. The van der Waals surface area contributed by atoms with Gasteiger partial charge in [0.15, 0.2) is 0 Å². The molecule has 2 aromatic carbocycles. The van der Waals surface area contributed by atoms with Gasteiger partial charge in [-0.2, -0.15) is 0 Å². The molecule has 0 saturated heterocycles. The fourth-order valence-electron chi connectivity index (χ4n) is 2.63. The molecule has 2 amide bonds. The van der Waals surface area contributed by atoms with Crippen molar-refractivity contribution in [3.8, 4) is 0 Å². The summed E-state index contributed by atoms with van der Waals surface area (Å²) in [5.74, 6) is -0.394. The maximum absolute atomic E-state index is 12.6. The normalized spacial score (nSPS) is 11.3. The molecule has 7 nitrogen and oxygen atoms in total. The van der Waals surface area contributed by atoms with Gasteiger partial charge < -0.3 is 10.2 Å². The van der Waals surface area contributed by atoms with Crippen LogP contribution in [-0.2, 0) is 16.6 Å². The Morgan fingerprint density at radius 2 is 1.50 bits per heavy atom. The molecule has 2 rings (SSSR count). The third-order valence-electron chi connectivity index (χ3n) is 4.01. The van der Waals surface area contributed by atoms with Gasteiger partial charge in [0.2, 0.25) is 10.0 Å². The van der Waals surface area contributed by atoms with Crippen LogP contribution in [0.25, 0.3) is 0 Å². The van der Waals surface area contributed by atoms with E-state index in [-0.39, 0.29) is 22.8 Å². The molecule has 28 heavy (non-hydrogen) atoms. The van der Waals surface area contributed by atoms with Crippen LogP contribution in [-0.4, -0.2) is 45.3 Å². The van der Waals surface area contributed by atoms with Gasteiger partial charge >= 0.3 is 0 Å². The van der Waals surface area contributed by atoms with E-state index < -0.39 is 10.0 Å². The first kappa shape index (κ1) is 21.6. The van der Waals surface area contributed by atoms with E-state index in [9.17, 15) is 18.0 Å². The molecule has 0 aliphatic heterocycles. The quantitative estimate of drug-likeness (QED) is 0.739. The summed E-state index contributed by atoms with van der Waals surface area (Å²) < 4.78 is 26.8. The molecule has 0 fully saturated rings. The van der Waals surface area contributed by atoms with Crippen molar-refractivity contribution in [1.82, 2.24) is 14.9 Å². The summed E-state index contributed by atoms with van der Waals surface area (Å²) in [7, 11) is -0.358. The highest BCUT2D eigenvalue weighted by atomic mass is 32.2. The van der Waals surface area contributed by atoms with Crippen LogP contribution in [0.5, 0.6) is 0 Å². The van der Waals surface area contributed by atoms with Crippen molar-refractivity contribution >= 4 is 21.8 Å². The third-order valence-corrected chi connectivity index (χ3v) is 5.69. The molecule has 150 valence electrons. The minimum atomic E-state index is -3.59. The van der Waals surface area contributed by atoms with Crippen LogP contribution >= 0.6 is 0 Å². The average Bonchev–Trinajstić information content (AvgIpc) is 2.66. The van der Waals surface area contributed by atoms with Crippen molar-refractivity contribution in [1.29, 1.82) is 0 Å². The smallest absolute Gasteiger partial charge is 0.253 e. The molecule has 0 spiro atoms. The predicted molar refractivity (Wildman–Crippen MR) is 108 cm³/mol. The Labute approximate surface area is 165 Å². The molecule has 0 atom stereocenters. The summed E-state index contributed by atoms with van der Waals surface area (Å²) in [6, 6.07) is 12.6. The van der Waals surface area contributed by atoms with Gasteiger partial charge in [-0.3, -0.25) is 9.59 Å². The minimum absolute atomic E-state index is 0.116. The molecule has 0 aromatic heterocycles. The molecule has 8 heteroatoms. The second-order valence-electron chi connectivity index (χ2n) is 6.74. The number of carbonyl (C=O) groups excluding carboxylic acids is 2. The molecule has 0 bridgehead atoms. The fraction of sp³-hybridized carbons (Fsp3) is 0.300. The van der Waals surface area contributed by atoms with Gasteiger partial charge in [0, 0.05) is 37.8 Å². The van der Waals surface area contributed by atoms with Gasteiger partial charge in [-0.05, 0) is 55.8 Å². The van der Waals surface area contributed by atoms with E-state index in [1.54, 1.807) is 52.2 Å². The standard InChI is InChI=1S/C20H25N3O4S/c1-14(2)22-28(26,27)18-11-9-17(10-12-18)20(25)23(4)13-15-5-7-16(8-6-15)19(24)21-3/h5-12,14,22H,13H2,1-4H3,(H,21,24). The Morgan fingerprint density at radius 3 is 2.00 bits per heavy atom. The Bertz CT molecular complexity index is 936. The summed E-state index contributed by atoms with van der Waals surface area (Å²) >= 11 is 0. The van der Waals surface area contributed by atoms with Gasteiger partial charge in [0.25, 0.3) is 11.8 Å². The zero-order valence-corrected chi connectivity index (χ0v) is 17.2. The van der Waals surface area contributed by atoms with Crippen LogP contribution < -0.4 is 10.0 Å². The lowest BCUT2D eigenvalue weighted by Crippen LogP contribution is -2.30. The van der Waals surface area contributed by atoms with Crippen molar-refractivity contribution in [3.63, 3.8) is 0 Å². The maximum atomic E-state index is 12.6. The number of benzene rings is 2. The van der Waals surface area contributed by atoms with E-state index in [1.165, 1.54) is 29.2 Å². The van der Waals surface area contributed by atoms with E-state index in [2.05, 4.69) is 10.0 Å². The van der Waals surface area contributed by atoms with Crippen LogP contribution in [0, 0.1) is 0 Å². The maximum Gasteiger partial charge on any atom is 0.253 e. The first-order valence-corrected chi connectivity index (χ1v) is 10.3. The second kappa shape index (κ2) is 8.99. The summed E-state index contributed by atoms with van der Waals surface area (Å²) in [5.41, 5.74) is 1.82. The highest BCUT2D eigenvalue weighted by Gasteiger charge is 2.17. The number of nitrogens with one attached hydrogen (secondary N) is 2. The number of rotatable bonds is 7. The van der Waals surface area contributed by atoms with Gasteiger partial charge in [-0.15, -0.1) is 0 Å². The molecule has 0 aliphatic carbocycles. The Balaban J connectivity index is 2.08. The van der Waals surface area contributed by atoms with Crippen LogP contribution in [0.15, 0.2) is 53.4 Å². The van der Waals surface area contributed by atoms with E-state index in [0.717, 1.165) is 5.56 Å². The minimum Gasteiger partial charge on any atom is -0.355 e. The van der Waals surface area contributed by atoms with Crippen LogP contribution in [0.4, 0.5) is 0 Å². The zero-order valence-electron chi connectivity index (χ0n) is 16.4. The van der Waals surface area contributed by atoms with Gasteiger partial charge in [0.05, 0.1) is 4.90 Å². The Hall–Kier alpha value is -2.71. The number of nitrogens with zero attached hydrogens (tertiary/aromatic N) is 1. The van der Waals surface area contributed by atoms with Crippen molar-refractivity contribution in [2.24, 2.45) is 0 Å². The van der Waals surface area contributed by atoms with E-state index in [4.69, 9.17) is 0 Å². The zero-order chi connectivity index (χ0) is 20.9. The molecule has 0 heterocycles. The van der Waals surface area contributed by atoms with Crippen molar-refractivity contribution in [2.75, 3.05) is 14.1 Å². The highest BCUT2D eigenvalue weighted by molar-refractivity contribution is 7.89. The number of carbonyl (C=O) groups is 2. The van der Waals surface area contributed by atoms with E-state index >= 15 is 0 Å². The fourth-order valence-corrected chi connectivity index (χ4v) is 3.88. The summed E-state index contributed by atoms with van der Waals surface area (Å²) in [4.78, 5) is 25.8. The number of hydrogen-bond acceptors (Lipinski definition) is 4. The lowest BCUT2D eigenvalue weighted by Gasteiger charge is -2.18. The molecule has 0 saturated carbocycles. The Morgan fingerprint density at radius 1 is 0.964 bits per heavy atom. The van der Waals surface area contributed by atoms with Crippen LogP contribution in [0.1, 0.15) is 40.1 Å². The number of amides is 2. The monoisotopic (exact) mass is 403 g/mol. The average molecular weight is 404 g/mol. The lowest BCUT2D eigenvalue weighted by atomic mass is 10.1. The first-order chi connectivity index (χ1) is 13.1. The topological polar surface area (TPSA) is 95.6 Å². The van der Waals surface area contributed by atoms with Crippen LogP contribution in [0.3, 0.4) is 0 Å². The SMILES string of the molecule is CNC(=O)c1ccc(CN(C)C(=O)c2ccc(S(=O)(=O)NC(C)C)cc2)cc1. The van der Waals surface area contributed by atoms with Crippen molar-refractivity contribution in [3.05, 3.63) is 65.2 Å². The molecule has 0 unspecified atom stereocenters. The second-order valence-corrected chi connectivity index (χ2v) is 8.45. The third kappa shape index (κ3) is 5.40. The molecule has 0 radical (unpaired) electrons. The predicted octanol–water partition coefficient (Wildman–Crippen LogP) is 2.01. The molecule has 0 aliphatic rings. The molecular weight excluding hydrogens is 378 g/mol. The van der Waals surface area contributed by atoms with Crippen molar-refractivity contribution < 1.29 is 18.0 Å². The Kier molecular flexibility index (Phi) is 6.93. The van der Waals surface area contributed by atoms with E-state index in [1.807, 2.05) is 0 Å². The lowest BCUT2D eigenvalue weighted by molar-refractivity contribution is 0.0784. The molecule has 2 N–H and O–H groups in total. The van der Waals surface area contributed by atoms with Crippen molar-refractivity contribution in [2.45, 2.75) is 31.3 Å². The largest absolute Gasteiger partial charge is 0.355 e. The molecular formula is C20H25N3O4S. The van der Waals surface area contributed by atoms with E-state index in [0.29, 0.717) is 17.7 Å². The first-order valence-electron chi connectivity index (χ1n) is 8.83. The van der Waals surface area contributed by atoms with Crippen LogP contribution in [0.2, 0.25) is 0 Å². The summed E-state index contributed by atoms with van der Waals surface area (Å²) in [6.45, 7) is 3.85. The highest BCUT2D eigenvalue weighted by Crippen LogP contribution is 2.14. The number of hydrogen-bond donors (Lipinski definition) is 2. The van der Waals surface area contributed by atoms with Gasteiger partial charge in [-0.1, -0.05) is 12.1 Å². The van der Waals surface area contributed by atoms with Gasteiger partial charge in [-0.25, -0.2) is 13.1 Å². The molecule has 2 aromatic rings. The number of sulfonamides is 1.